The first-order chi connectivity index (χ1) is 9.25. The van der Waals surface area contributed by atoms with E-state index in [4.69, 9.17) is 15.2 Å². The van der Waals surface area contributed by atoms with Gasteiger partial charge in [-0.3, -0.25) is 0 Å². The first kappa shape index (κ1) is 13.4. The van der Waals surface area contributed by atoms with Crippen molar-refractivity contribution in [3.63, 3.8) is 0 Å². The molecule has 2 N–H and O–H groups in total. The normalized spacial score (nSPS) is 10.4. The molecule has 0 heterocycles. The summed E-state index contributed by atoms with van der Waals surface area (Å²) in [4.78, 5) is 0. The first-order valence-corrected chi connectivity index (χ1v) is 6.05. The summed E-state index contributed by atoms with van der Waals surface area (Å²) in [5.74, 6) is 0.395. The molecule has 2 aromatic rings. The molecule has 0 atom stereocenters. The van der Waals surface area contributed by atoms with Gasteiger partial charge in [0, 0.05) is 0 Å². The lowest BCUT2D eigenvalue weighted by Gasteiger charge is -2.07. The van der Waals surface area contributed by atoms with E-state index in [1.54, 1.807) is 6.07 Å². The molecule has 0 saturated heterocycles. The molecule has 0 aliphatic carbocycles. The molecule has 0 aromatic heterocycles. The van der Waals surface area contributed by atoms with Gasteiger partial charge in [-0.15, -0.1) is 0 Å². The molecular weight excluding hydrogens is 245 g/mol. The average Bonchev–Trinajstić information content (AvgIpc) is 2.43. The Morgan fingerprint density at radius 2 is 1.79 bits per heavy atom. The summed E-state index contributed by atoms with van der Waals surface area (Å²) in [6, 6.07) is 14.2. The number of hydrogen-bond acceptors (Lipinski definition) is 3. The lowest BCUT2D eigenvalue weighted by molar-refractivity contribution is 0.0888. The van der Waals surface area contributed by atoms with Gasteiger partial charge in [-0.2, -0.15) is 0 Å². The molecule has 100 valence electrons. The van der Waals surface area contributed by atoms with E-state index < -0.39 is 5.82 Å². The smallest absolute Gasteiger partial charge is 0.146 e. The second-order valence-electron chi connectivity index (χ2n) is 4.07. The largest absolute Gasteiger partial charge is 0.491 e. The fourth-order valence-corrected chi connectivity index (χ4v) is 1.59. The molecule has 3 nitrogen and oxygen atoms in total. The van der Waals surface area contributed by atoms with E-state index >= 15 is 0 Å². The van der Waals surface area contributed by atoms with Crippen LogP contribution in [0.25, 0.3) is 0 Å². The van der Waals surface area contributed by atoms with Crippen molar-refractivity contribution >= 4 is 5.69 Å². The zero-order valence-electron chi connectivity index (χ0n) is 10.5. The van der Waals surface area contributed by atoms with Crippen molar-refractivity contribution in [3.8, 4) is 5.75 Å². The number of hydrogen-bond donors (Lipinski definition) is 1. The minimum Gasteiger partial charge on any atom is -0.491 e. The zero-order chi connectivity index (χ0) is 13.5. The predicted octanol–water partition coefficient (Wildman–Crippen LogP) is 3.00. The van der Waals surface area contributed by atoms with E-state index in [0.717, 1.165) is 11.3 Å². The minimum absolute atomic E-state index is 0.149. The molecule has 0 amide bonds. The third kappa shape index (κ3) is 4.26. The third-order valence-corrected chi connectivity index (χ3v) is 2.57. The van der Waals surface area contributed by atoms with E-state index in [2.05, 4.69) is 0 Å². The van der Waals surface area contributed by atoms with E-state index in [0.29, 0.717) is 19.8 Å². The quantitative estimate of drug-likeness (QED) is 0.642. The maximum Gasteiger partial charge on any atom is 0.146 e. The van der Waals surface area contributed by atoms with E-state index in [-0.39, 0.29) is 5.69 Å². The molecule has 0 radical (unpaired) electrons. The molecule has 0 fully saturated rings. The summed E-state index contributed by atoms with van der Waals surface area (Å²) < 4.78 is 24.0. The minimum atomic E-state index is -0.415. The highest BCUT2D eigenvalue weighted by Crippen LogP contribution is 2.12. The molecule has 2 rings (SSSR count). The molecule has 0 saturated carbocycles. The number of halogens is 1. The SMILES string of the molecule is Nc1ccc(COCCOc2ccccc2)cc1F. The Kier molecular flexibility index (Phi) is 4.75. The van der Waals surface area contributed by atoms with Gasteiger partial charge in [-0.05, 0) is 29.8 Å². The van der Waals surface area contributed by atoms with Crippen LogP contribution in [0.2, 0.25) is 0 Å². The second kappa shape index (κ2) is 6.75. The molecule has 19 heavy (non-hydrogen) atoms. The second-order valence-corrected chi connectivity index (χ2v) is 4.07. The zero-order valence-corrected chi connectivity index (χ0v) is 10.5. The summed E-state index contributed by atoms with van der Waals surface area (Å²) in [5.41, 5.74) is 6.30. The number of nitrogen functional groups attached to an aromatic ring is 1. The van der Waals surface area contributed by atoms with Crippen LogP contribution in [-0.4, -0.2) is 13.2 Å². The number of nitrogens with two attached hydrogens (primary N) is 1. The van der Waals surface area contributed by atoms with E-state index in [1.165, 1.54) is 12.1 Å². The summed E-state index contributed by atoms with van der Waals surface area (Å²) in [6.45, 7) is 1.25. The Labute approximate surface area is 111 Å². The maximum absolute atomic E-state index is 13.2. The Morgan fingerprint density at radius 3 is 2.53 bits per heavy atom. The predicted molar refractivity (Wildman–Crippen MR) is 72.4 cm³/mol. The molecule has 2 aromatic carbocycles. The highest BCUT2D eigenvalue weighted by molar-refractivity contribution is 5.41. The fourth-order valence-electron chi connectivity index (χ4n) is 1.59. The van der Waals surface area contributed by atoms with Crippen LogP contribution in [0.4, 0.5) is 10.1 Å². The molecule has 0 spiro atoms. The van der Waals surface area contributed by atoms with Gasteiger partial charge in [0.05, 0.1) is 18.9 Å². The van der Waals surface area contributed by atoms with Gasteiger partial charge in [-0.25, -0.2) is 4.39 Å². The number of ether oxygens (including phenoxy) is 2. The number of para-hydroxylation sites is 1. The summed E-state index contributed by atoms with van der Waals surface area (Å²) >= 11 is 0. The van der Waals surface area contributed by atoms with E-state index in [9.17, 15) is 4.39 Å². The summed E-state index contributed by atoms with van der Waals surface area (Å²) in [5, 5.41) is 0. The van der Waals surface area contributed by atoms with Crippen LogP contribution in [0.15, 0.2) is 48.5 Å². The Morgan fingerprint density at radius 1 is 1.00 bits per heavy atom. The lowest BCUT2D eigenvalue weighted by atomic mass is 10.2. The van der Waals surface area contributed by atoms with Crippen LogP contribution in [0.3, 0.4) is 0 Å². The molecule has 0 unspecified atom stereocenters. The van der Waals surface area contributed by atoms with Gasteiger partial charge in [0.25, 0.3) is 0 Å². The Hall–Kier alpha value is -2.07. The molecule has 0 bridgehead atoms. The van der Waals surface area contributed by atoms with Crippen LogP contribution in [0.1, 0.15) is 5.56 Å². The third-order valence-electron chi connectivity index (χ3n) is 2.57. The van der Waals surface area contributed by atoms with Gasteiger partial charge in [0.1, 0.15) is 18.2 Å². The van der Waals surface area contributed by atoms with Gasteiger partial charge in [0.2, 0.25) is 0 Å². The van der Waals surface area contributed by atoms with Gasteiger partial charge in [-0.1, -0.05) is 24.3 Å². The Bertz CT molecular complexity index is 517. The van der Waals surface area contributed by atoms with Gasteiger partial charge in [0.15, 0.2) is 0 Å². The van der Waals surface area contributed by atoms with Crippen molar-refractivity contribution in [1.29, 1.82) is 0 Å². The summed E-state index contributed by atoms with van der Waals surface area (Å²) in [6.07, 6.45) is 0. The molecule has 4 heteroatoms. The summed E-state index contributed by atoms with van der Waals surface area (Å²) in [7, 11) is 0. The highest BCUT2D eigenvalue weighted by atomic mass is 19.1. The standard InChI is InChI=1S/C15H16FNO2/c16-14-10-12(6-7-15(14)17)11-18-8-9-19-13-4-2-1-3-5-13/h1-7,10H,8-9,11,17H2. The molecule has 0 aliphatic rings. The molecule has 0 aliphatic heterocycles. The van der Waals surface area contributed by atoms with Crippen molar-refractivity contribution in [3.05, 3.63) is 59.9 Å². The number of anilines is 1. The lowest BCUT2D eigenvalue weighted by Crippen LogP contribution is -2.06. The number of benzene rings is 2. The van der Waals surface area contributed by atoms with Crippen LogP contribution in [0, 0.1) is 5.82 Å². The molecular formula is C15H16FNO2. The van der Waals surface area contributed by atoms with Crippen molar-refractivity contribution in [2.24, 2.45) is 0 Å². The van der Waals surface area contributed by atoms with Crippen molar-refractivity contribution in [2.75, 3.05) is 18.9 Å². The fraction of sp³-hybridized carbons (Fsp3) is 0.200. The van der Waals surface area contributed by atoms with Crippen molar-refractivity contribution in [1.82, 2.24) is 0 Å². The maximum atomic E-state index is 13.2. The van der Waals surface area contributed by atoms with Crippen LogP contribution >= 0.6 is 0 Å². The van der Waals surface area contributed by atoms with Crippen molar-refractivity contribution < 1.29 is 13.9 Å². The highest BCUT2D eigenvalue weighted by Gasteiger charge is 2.00. The first-order valence-electron chi connectivity index (χ1n) is 6.05. The number of rotatable bonds is 6. The van der Waals surface area contributed by atoms with Crippen LogP contribution in [0.5, 0.6) is 5.75 Å². The van der Waals surface area contributed by atoms with Crippen LogP contribution < -0.4 is 10.5 Å². The monoisotopic (exact) mass is 261 g/mol. The van der Waals surface area contributed by atoms with Gasteiger partial charge < -0.3 is 15.2 Å². The van der Waals surface area contributed by atoms with E-state index in [1.807, 2.05) is 30.3 Å². The Balaban J connectivity index is 1.68. The van der Waals surface area contributed by atoms with Crippen molar-refractivity contribution in [2.45, 2.75) is 6.61 Å². The topological polar surface area (TPSA) is 44.5 Å². The average molecular weight is 261 g/mol. The van der Waals surface area contributed by atoms with Gasteiger partial charge >= 0.3 is 0 Å². The van der Waals surface area contributed by atoms with Crippen LogP contribution in [-0.2, 0) is 11.3 Å².